The van der Waals surface area contributed by atoms with Crippen LogP contribution in [0.15, 0.2) is 17.5 Å². The Bertz CT molecular complexity index is 267. The molecule has 1 aromatic rings. The molecular weight excluding hydrogens is 212 g/mol. The van der Waals surface area contributed by atoms with E-state index in [-0.39, 0.29) is 12.4 Å². The highest BCUT2D eigenvalue weighted by atomic mass is 32.1. The highest BCUT2D eigenvalue weighted by molar-refractivity contribution is 7.09. The van der Waals surface area contributed by atoms with E-state index in [0.29, 0.717) is 19.6 Å². The Morgan fingerprint density at radius 3 is 2.93 bits per heavy atom. The van der Waals surface area contributed by atoms with Gasteiger partial charge in [0, 0.05) is 11.3 Å². The van der Waals surface area contributed by atoms with Crippen molar-refractivity contribution in [1.82, 2.24) is 0 Å². The lowest BCUT2D eigenvalue weighted by molar-refractivity contribution is -0.0709. The van der Waals surface area contributed by atoms with Gasteiger partial charge in [-0.1, -0.05) is 6.07 Å². The zero-order valence-corrected chi connectivity index (χ0v) is 9.41. The molecule has 2 rings (SSSR count). The summed E-state index contributed by atoms with van der Waals surface area (Å²) in [5.74, 6) is 0. The minimum atomic E-state index is -0.324. The molecule has 0 bridgehead atoms. The zero-order chi connectivity index (χ0) is 10.5. The second kappa shape index (κ2) is 5.61. The molecule has 1 N–H and O–H groups in total. The minimum Gasteiger partial charge on any atom is -0.393 e. The van der Waals surface area contributed by atoms with E-state index >= 15 is 0 Å². The van der Waals surface area contributed by atoms with Gasteiger partial charge in [0.1, 0.15) is 0 Å². The third kappa shape index (κ3) is 3.57. The van der Waals surface area contributed by atoms with Crippen LogP contribution in [0, 0.1) is 0 Å². The maximum Gasteiger partial charge on any atom is 0.160 e. The predicted octanol–water partition coefficient (Wildman–Crippen LogP) is 1.80. The van der Waals surface area contributed by atoms with E-state index in [1.807, 2.05) is 6.07 Å². The van der Waals surface area contributed by atoms with Crippen LogP contribution in [-0.4, -0.2) is 30.7 Å². The van der Waals surface area contributed by atoms with E-state index < -0.39 is 0 Å². The molecule has 1 aliphatic heterocycles. The Morgan fingerprint density at radius 2 is 2.27 bits per heavy atom. The van der Waals surface area contributed by atoms with Gasteiger partial charge < -0.3 is 14.6 Å². The van der Waals surface area contributed by atoms with Gasteiger partial charge in [-0.3, -0.25) is 0 Å². The fourth-order valence-corrected chi connectivity index (χ4v) is 2.37. The third-order valence-electron chi connectivity index (χ3n) is 2.46. The highest BCUT2D eigenvalue weighted by Crippen LogP contribution is 2.16. The SMILES string of the molecule is OC(CCc1cccs1)CC1OCCO1. The lowest BCUT2D eigenvalue weighted by Crippen LogP contribution is -2.18. The second-order valence-corrected chi connectivity index (χ2v) is 4.71. The van der Waals surface area contributed by atoms with Crippen LogP contribution in [0.1, 0.15) is 17.7 Å². The van der Waals surface area contributed by atoms with Crippen LogP contribution in [0.25, 0.3) is 0 Å². The third-order valence-corrected chi connectivity index (χ3v) is 3.40. The first-order valence-electron chi connectivity index (χ1n) is 5.28. The van der Waals surface area contributed by atoms with E-state index in [2.05, 4.69) is 11.4 Å². The first-order chi connectivity index (χ1) is 7.34. The Morgan fingerprint density at radius 1 is 1.47 bits per heavy atom. The number of aliphatic hydroxyl groups excluding tert-OH is 1. The number of aryl methyl sites for hydroxylation is 1. The van der Waals surface area contributed by atoms with Crippen molar-refractivity contribution in [2.24, 2.45) is 0 Å². The molecule has 0 aliphatic carbocycles. The molecule has 1 atom stereocenters. The van der Waals surface area contributed by atoms with Gasteiger partial charge in [0.05, 0.1) is 19.3 Å². The van der Waals surface area contributed by atoms with Crippen LogP contribution in [0.2, 0.25) is 0 Å². The van der Waals surface area contributed by atoms with Crippen LogP contribution in [0.5, 0.6) is 0 Å². The van der Waals surface area contributed by atoms with Gasteiger partial charge >= 0.3 is 0 Å². The first kappa shape index (κ1) is 11.1. The standard InChI is InChI=1S/C11H16O3S/c12-9(8-11-13-5-6-14-11)3-4-10-2-1-7-15-10/h1-2,7,9,11-12H,3-6,8H2. The molecule has 0 aromatic carbocycles. The lowest BCUT2D eigenvalue weighted by atomic mass is 10.1. The fraction of sp³-hybridized carbons (Fsp3) is 0.636. The summed E-state index contributed by atoms with van der Waals surface area (Å²) in [6.45, 7) is 1.31. The van der Waals surface area contributed by atoms with E-state index in [1.54, 1.807) is 11.3 Å². The summed E-state index contributed by atoms with van der Waals surface area (Å²) in [6, 6.07) is 4.13. The smallest absolute Gasteiger partial charge is 0.160 e. The molecule has 0 radical (unpaired) electrons. The van der Waals surface area contributed by atoms with Crippen molar-refractivity contribution >= 4 is 11.3 Å². The van der Waals surface area contributed by atoms with Crippen LogP contribution < -0.4 is 0 Å². The number of hydrogen-bond donors (Lipinski definition) is 1. The molecule has 1 fully saturated rings. The average molecular weight is 228 g/mol. The van der Waals surface area contributed by atoms with Gasteiger partial charge in [0.25, 0.3) is 0 Å². The zero-order valence-electron chi connectivity index (χ0n) is 8.59. The summed E-state index contributed by atoms with van der Waals surface area (Å²) >= 11 is 1.73. The summed E-state index contributed by atoms with van der Waals surface area (Å²) in [5, 5.41) is 11.8. The van der Waals surface area contributed by atoms with Gasteiger partial charge in [-0.25, -0.2) is 0 Å². The van der Waals surface area contributed by atoms with Gasteiger partial charge in [-0.15, -0.1) is 11.3 Å². The molecule has 15 heavy (non-hydrogen) atoms. The molecule has 84 valence electrons. The van der Waals surface area contributed by atoms with Gasteiger partial charge in [0.15, 0.2) is 6.29 Å². The van der Waals surface area contributed by atoms with Gasteiger partial charge in [-0.2, -0.15) is 0 Å². The van der Waals surface area contributed by atoms with E-state index in [1.165, 1.54) is 4.88 Å². The van der Waals surface area contributed by atoms with Crippen molar-refractivity contribution in [3.05, 3.63) is 22.4 Å². The summed E-state index contributed by atoms with van der Waals surface area (Å²) in [7, 11) is 0. The minimum absolute atomic E-state index is 0.191. The van der Waals surface area contributed by atoms with Crippen molar-refractivity contribution in [2.45, 2.75) is 31.7 Å². The summed E-state index contributed by atoms with van der Waals surface area (Å²) in [4.78, 5) is 1.32. The van der Waals surface area contributed by atoms with Crippen LogP contribution in [-0.2, 0) is 15.9 Å². The molecule has 2 heterocycles. The van der Waals surface area contributed by atoms with Crippen molar-refractivity contribution < 1.29 is 14.6 Å². The monoisotopic (exact) mass is 228 g/mol. The predicted molar refractivity (Wildman–Crippen MR) is 59.0 cm³/mol. The number of ether oxygens (including phenoxy) is 2. The largest absolute Gasteiger partial charge is 0.393 e. The quantitative estimate of drug-likeness (QED) is 0.835. The van der Waals surface area contributed by atoms with Crippen molar-refractivity contribution in [2.75, 3.05) is 13.2 Å². The Balaban J connectivity index is 1.66. The maximum absolute atomic E-state index is 9.75. The van der Waals surface area contributed by atoms with Gasteiger partial charge in [0.2, 0.25) is 0 Å². The van der Waals surface area contributed by atoms with Crippen LogP contribution >= 0.6 is 11.3 Å². The lowest BCUT2D eigenvalue weighted by Gasteiger charge is -2.14. The van der Waals surface area contributed by atoms with E-state index in [4.69, 9.17) is 9.47 Å². The van der Waals surface area contributed by atoms with Crippen molar-refractivity contribution in [3.8, 4) is 0 Å². The van der Waals surface area contributed by atoms with Crippen molar-refractivity contribution in [3.63, 3.8) is 0 Å². The number of aliphatic hydroxyl groups is 1. The summed E-state index contributed by atoms with van der Waals surface area (Å²) in [5.41, 5.74) is 0. The molecule has 3 nitrogen and oxygen atoms in total. The van der Waals surface area contributed by atoms with Crippen molar-refractivity contribution in [1.29, 1.82) is 0 Å². The maximum atomic E-state index is 9.75. The second-order valence-electron chi connectivity index (χ2n) is 3.68. The normalized spacial score (nSPS) is 19.5. The van der Waals surface area contributed by atoms with Crippen LogP contribution in [0.3, 0.4) is 0 Å². The molecule has 0 saturated carbocycles. The molecule has 1 unspecified atom stereocenters. The Labute approximate surface area is 93.6 Å². The summed E-state index contributed by atoms with van der Waals surface area (Å²) < 4.78 is 10.6. The van der Waals surface area contributed by atoms with E-state index in [0.717, 1.165) is 12.8 Å². The number of rotatable bonds is 5. The fourth-order valence-electron chi connectivity index (χ4n) is 1.65. The molecular formula is C11H16O3S. The Kier molecular flexibility index (Phi) is 4.14. The number of hydrogen-bond acceptors (Lipinski definition) is 4. The Hall–Kier alpha value is -0.420. The molecule has 1 saturated heterocycles. The van der Waals surface area contributed by atoms with Crippen LogP contribution in [0.4, 0.5) is 0 Å². The molecule has 4 heteroatoms. The molecule has 0 amide bonds. The first-order valence-corrected chi connectivity index (χ1v) is 6.16. The average Bonchev–Trinajstić information content (AvgIpc) is 2.86. The topological polar surface area (TPSA) is 38.7 Å². The van der Waals surface area contributed by atoms with Gasteiger partial charge in [-0.05, 0) is 24.3 Å². The number of thiophene rings is 1. The molecule has 1 aromatic heterocycles. The molecule has 0 spiro atoms. The highest BCUT2D eigenvalue weighted by Gasteiger charge is 2.19. The van der Waals surface area contributed by atoms with E-state index in [9.17, 15) is 5.11 Å². The molecule has 1 aliphatic rings. The summed E-state index contributed by atoms with van der Waals surface area (Å²) in [6.07, 6.45) is 1.79.